The van der Waals surface area contributed by atoms with E-state index in [0.29, 0.717) is 12.0 Å². The van der Waals surface area contributed by atoms with Crippen LogP contribution in [0.3, 0.4) is 0 Å². The number of fused-ring (bicyclic) bond motifs is 1. The van der Waals surface area contributed by atoms with Crippen LogP contribution in [0, 0.1) is 0 Å². The molecule has 2 atom stereocenters. The van der Waals surface area contributed by atoms with Crippen molar-refractivity contribution in [1.82, 2.24) is 0 Å². The van der Waals surface area contributed by atoms with Crippen molar-refractivity contribution in [2.75, 3.05) is 7.11 Å². The van der Waals surface area contributed by atoms with Gasteiger partial charge in [-0.2, -0.15) is 0 Å². The molecule has 1 saturated carbocycles. The summed E-state index contributed by atoms with van der Waals surface area (Å²) >= 11 is 0. The second kappa shape index (κ2) is 3.49. The molecule has 0 radical (unpaired) electrons. The molecule has 0 amide bonds. The van der Waals surface area contributed by atoms with E-state index in [9.17, 15) is 0 Å². The smallest absolute Gasteiger partial charge is 0.123 e. The molecule has 0 unspecified atom stereocenters. The first-order chi connectivity index (χ1) is 7.81. The summed E-state index contributed by atoms with van der Waals surface area (Å²) in [5, 5.41) is 2.54. The Balaban J connectivity index is 2.27. The van der Waals surface area contributed by atoms with Gasteiger partial charge in [0.1, 0.15) is 5.75 Å². The maximum Gasteiger partial charge on any atom is 0.123 e. The molecule has 0 spiro atoms. The first-order valence-corrected chi connectivity index (χ1v) is 5.62. The number of benzene rings is 2. The molecule has 3 rings (SSSR count). The van der Waals surface area contributed by atoms with Crippen LogP contribution in [0.25, 0.3) is 10.8 Å². The molecule has 2 N–H and O–H groups in total. The highest BCUT2D eigenvalue weighted by Gasteiger charge is 2.37. The Labute approximate surface area is 95.0 Å². The van der Waals surface area contributed by atoms with Crippen LogP contribution < -0.4 is 10.5 Å². The largest absolute Gasteiger partial charge is 0.496 e. The highest BCUT2D eigenvalue weighted by molar-refractivity contribution is 5.88. The highest BCUT2D eigenvalue weighted by atomic mass is 16.5. The van der Waals surface area contributed by atoms with Gasteiger partial charge in [-0.3, -0.25) is 0 Å². The van der Waals surface area contributed by atoms with Crippen LogP contribution in [0.4, 0.5) is 0 Å². The lowest BCUT2D eigenvalue weighted by molar-refractivity contribution is 0.410. The monoisotopic (exact) mass is 213 g/mol. The van der Waals surface area contributed by atoms with Gasteiger partial charge in [0.15, 0.2) is 0 Å². The van der Waals surface area contributed by atoms with Crippen LogP contribution in [0.15, 0.2) is 36.4 Å². The van der Waals surface area contributed by atoms with Gasteiger partial charge in [0, 0.05) is 17.5 Å². The SMILES string of the molecule is COc1ccc2ccccc2c1[C@@H]1C[C@H]1N. The van der Waals surface area contributed by atoms with Gasteiger partial charge in [0.05, 0.1) is 7.11 Å². The van der Waals surface area contributed by atoms with E-state index in [1.165, 1.54) is 16.3 Å². The highest BCUT2D eigenvalue weighted by Crippen LogP contribution is 2.46. The number of hydrogen-bond donors (Lipinski definition) is 1. The summed E-state index contributed by atoms with van der Waals surface area (Å²) in [5.74, 6) is 1.44. The van der Waals surface area contributed by atoms with Crippen molar-refractivity contribution in [3.05, 3.63) is 42.0 Å². The summed E-state index contributed by atoms with van der Waals surface area (Å²) in [4.78, 5) is 0. The van der Waals surface area contributed by atoms with Gasteiger partial charge in [0.25, 0.3) is 0 Å². The molecule has 0 bridgehead atoms. The molecule has 0 aromatic heterocycles. The number of rotatable bonds is 2. The summed E-state index contributed by atoms with van der Waals surface area (Å²) in [7, 11) is 1.72. The van der Waals surface area contributed by atoms with E-state index in [2.05, 4.69) is 30.3 Å². The minimum Gasteiger partial charge on any atom is -0.496 e. The van der Waals surface area contributed by atoms with Gasteiger partial charge in [-0.1, -0.05) is 30.3 Å². The van der Waals surface area contributed by atoms with Crippen LogP contribution in [0.2, 0.25) is 0 Å². The van der Waals surface area contributed by atoms with Crippen LogP contribution in [-0.4, -0.2) is 13.2 Å². The number of nitrogens with two attached hydrogens (primary N) is 1. The van der Waals surface area contributed by atoms with E-state index in [1.54, 1.807) is 7.11 Å². The molecular formula is C14H15NO. The Morgan fingerprint density at radius 1 is 1.19 bits per heavy atom. The lowest BCUT2D eigenvalue weighted by Crippen LogP contribution is -2.02. The summed E-state index contributed by atoms with van der Waals surface area (Å²) in [6, 6.07) is 12.9. The molecule has 2 aromatic rings. The Morgan fingerprint density at radius 3 is 2.62 bits per heavy atom. The van der Waals surface area contributed by atoms with Crippen LogP contribution in [0.5, 0.6) is 5.75 Å². The molecule has 1 fully saturated rings. The Morgan fingerprint density at radius 2 is 1.94 bits per heavy atom. The Kier molecular flexibility index (Phi) is 2.11. The summed E-state index contributed by atoms with van der Waals surface area (Å²) in [6.07, 6.45) is 1.07. The minimum atomic E-state index is 0.305. The fourth-order valence-electron chi connectivity index (χ4n) is 2.38. The Bertz CT molecular complexity index is 535. The van der Waals surface area contributed by atoms with Crippen molar-refractivity contribution in [1.29, 1.82) is 0 Å². The van der Waals surface area contributed by atoms with E-state index in [1.807, 2.05) is 6.07 Å². The van der Waals surface area contributed by atoms with E-state index in [0.717, 1.165) is 12.2 Å². The number of ether oxygens (including phenoxy) is 1. The average molecular weight is 213 g/mol. The van der Waals surface area contributed by atoms with Crippen LogP contribution in [-0.2, 0) is 0 Å². The quantitative estimate of drug-likeness (QED) is 0.832. The maximum absolute atomic E-state index is 5.96. The molecule has 0 heterocycles. The van der Waals surface area contributed by atoms with Crippen molar-refractivity contribution in [3.8, 4) is 5.75 Å². The van der Waals surface area contributed by atoms with Gasteiger partial charge < -0.3 is 10.5 Å². The maximum atomic E-state index is 5.96. The predicted molar refractivity (Wildman–Crippen MR) is 65.8 cm³/mol. The molecule has 2 aromatic carbocycles. The standard InChI is InChI=1S/C14H15NO/c1-16-13-7-6-9-4-2-3-5-10(9)14(13)11-8-12(11)15/h2-7,11-12H,8,15H2,1H3/t11-,12-/m1/s1. The molecule has 1 aliphatic rings. The first-order valence-electron chi connectivity index (χ1n) is 5.62. The lowest BCUT2D eigenvalue weighted by Gasteiger charge is -2.11. The summed E-state index contributed by atoms with van der Waals surface area (Å²) in [5.41, 5.74) is 7.24. The number of hydrogen-bond acceptors (Lipinski definition) is 2. The second-order valence-electron chi connectivity index (χ2n) is 4.41. The van der Waals surface area contributed by atoms with Crippen molar-refractivity contribution in [3.63, 3.8) is 0 Å². The molecule has 82 valence electrons. The Hall–Kier alpha value is -1.54. The zero-order chi connectivity index (χ0) is 11.1. The lowest BCUT2D eigenvalue weighted by atomic mass is 10.00. The zero-order valence-electron chi connectivity index (χ0n) is 9.31. The van der Waals surface area contributed by atoms with Crippen LogP contribution >= 0.6 is 0 Å². The van der Waals surface area contributed by atoms with E-state index in [-0.39, 0.29) is 0 Å². The van der Waals surface area contributed by atoms with Crippen LogP contribution in [0.1, 0.15) is 17.9 Å². The van der Waals surface area contributed by atoms with E-state index < -0.39 is 0 Å². The molecule has 16 heavy (non-hydrogen) atoms. The third-order valence-electron chi connectivity index (χ3n) is 3.36. The third-order valence-corrected chi connectivity index (χ3v) is 3.36. The molecule has 2 heteroatoms. The zero-order valence-corrected chi connectivity index (χ0v) is 9.31. The third kappa shape index (κ3) is 1.38. The first kappa shape index (κ1) is 9.67. The van der Waals surface area contributed by atoms with Crippen molar-refractivity contribution < 1.29 is 4.74 Å². The predicted octanol–water partition coefficient (Wildman–Crippen LogP) is 2.66. The van der Waals surface area contributed by atoms with Gasteiger partial charge in [-0.15, -0.1) is 0 Å². The molecule has 0 aliphatic heterocycles. The second-order valence-corrected chi connectivity index (χ2v) is 4.41. The van der Waals surface area contributed by atoms with Gasteiger partial charge in [0.2, 0.25) is 0 Å². The normalized spacial score (nSPS) is 23.4. The van der Waals surface area contributed by atoms with Crippen molar-refractivity contribution >= 4 is 10.8 Å². The summed E-state index contributed by atoms with van der Waals surface area (Å²) < 4.78 is 5.45. The van der Waals surface area contributed by atoms with E-state index in [4.69, 9.17) is 10.5 Å². The van der Waals surface area contributed by atoms with Gasteiger partial charge in [-0.05, 0) is 23.3 Å². The molecule has 0 saturated heterocycles. The topological polar surface area (TPSA) is 35.2 Å². The molecule has 1 aliphatic carbocycles. The minimum absolute atomic E-state index is 0.305. The molecule has 2 nitrogen and oxygen atoms in total. The van der Waals surface area contributed by atoms with E-state index >= 15 is 0 Å². The molecular weight excluding hydrogens is 198 g/mol. The average Bonchev–Trinajstić information content (AvgIpc) is 3.04. The fourth-order valence-corrected chi connectivity index (χ4v) is 2.38. The van der Waals surface area contributed by atoms with Crippen molar-refractivity contribution in [2.45, 2.75) is 18.4 Å². The fraction of sp³-hybridized carbons (Fsp3) is 0.286. The van der Waals surface area contributed by atoms with Gasteiger partial charge in [-0.25, -0.2) is 0 Å². The van der Waals surface area contributed by atoms with Crippen molar-refractivity contribution in [2.24, 2.45) is 5.73 Å². The van der Waals surface area contributed by atoms with Gasteiger partial charge >= 0.3 is 0 Å². The summed E-state index contributed by atoms with van der Waals surface area (Å²) in [6.45, 7) is 0. The number of methoxy groups -OCH3 is 1.